The lowest BCUT2D eigenvalue weighted by Gasteiger charge is -2.58. The molecule has 2 aliphatic carbocycles. The maximum atomic E-state index is 9.98. The number of rotatable bonds is 6. The van der Waals surface area contributed by atoms with Crippen molar-refractivity contribution >= 4 is 0 Å². The lowest BCUT2D eigenvalue weighted by Crippen LogP contribution is -2.51. The molecule has 2 heteroatoms. The topological polar surface area (TPSA) is 40.5 Å². The molecule has 0 aromatic rings. The Morgan fingerprint density at radius 2 is 1.95 bits per heavy atom. The first-order valence-corrected chi connectivity index (χ1v) is 8.93. The molecular weight excluding hydrogens is 272 g/mol. The highest BCUT2D eigenvalue weighted by atomic mass is 16.3. The fourth-order valence-electron chi connectivity index (χ4n) is 5.44. The van der Waals surface area contributed by atoms with Crippen LogP contribution in [0.5, 0.6) is 0 Å². The van der Waals surface area contributed by atoms with E-state index in [1.807, 2.05) is 0 Å². The van der Waals surface area contributed by atoms with Crippen LogP contribution in [-0.4, -0.2) is 23.4 Å². The zero-order valence-corrected chi connectivity index (χ0v) is 14.5. The summed E-state index contributed by atoms with van der Waals surface area (Å²) in [7, 11) is 0. The fourth-order valence-corrected chi connectivity index (χ4v) is 5.44. The van der Waals surface area contributed by atoms with Crippen molar-refractivity contribution in [3.05, 3.63) is 24.3 Å². The standard InChI is InChI=1S/C20H34O2/c1-15(10-13-21)6-8-17-16(2)7-9-18-19(3,14-22)11-5-12-20(17,18)4/h17-18,21-22H,1-2,5-14H2,3-4H3/t17-,18-,19+,20+/m1/s1. The van der Waals surface area contributed by atoms with Gasteiger partial charge in [-0.05, 0) is 67.6 Å². The monoisotopic (exact) mass is 306 g/mol. The van der Waals surface area contributed by atoms with Gasteiger partial charge in [0.15, 0.2) is 0 Å². The Bertz CT molecular complexity index is 427. The Morgan fingerprint density at radius 1 is 1.23 bits per heavy atom. The Kier molecular flexibility index (Phi) is 5.55. The SMILES string of the molecule is C=C(CCO)CC[C@@H]1C(=C)CC[C@@H]2[C@](C)(CO)CCC[C@@]12C. The molecular formula is C20H34O2. The van der Waals surface area contributed by atoms with Gasteiger partial charge in [0.25, 0.3) is 0 Å². The van der Waals surface area contributed by atoms with Gasteiger partial charge < -0.3 is 10.2 Å². The first-order valence-electron chi connectivity index (χ1n) is 8.93. The third-order valence-corrected chi connectivity index (χ3v) is 6.76. The number of fused-ring (bicyclic) bond motifs is 1. The second kappa shape index (κ2) is 6.88. The van der Waals surface area contributed by atoms with Gasteiger partial charge in [-0.3, -0.25) is 0 Å². The minimum Gasteiger partial charge on any atom is -0.396 e. The molecule has 4 atom stereocenters. The summed E-state index contributed by atoms with van der Waals surface area (Å²) < 4.78 is 0. The molecule has 2 aliphatic rings. The quantitative estimate of drug-likeness (QED) is 0.710. The first-order chi connectivity index (χ1) is 10.4. The van der Waals surface area contributed by atoms with Crippen molar-refractivity contribution in [1.29, 1.82) is 0 Å². The van der Waals surface area contributed by atoms with Gasteiger partial charge in [0.05, 0.1) is 0 Å². The van der Waals surface area contributed by atoms with Crippen LogP contribution in [0.3, 0.4) is 0 Å². The average Bonchev–Trinajstić information content (AvgIpc) is 2.46. The van der Waals surface area contributed by atoms with Crippen LogP contribution in [0.4, 0.5) is 0 Å². The van der Waals surface area contributed by atoms with Gasteiger partial charge in [0, 0.05) is 13.2 Å². The van der Waals surface area contributed by atoms with Gasteiger partial charge in [0.1, 0.15) is 0 Å². The molecule has 22 heavy (non-hydrogen) atoms. The van der Waals surface area contributed by atoms with E-state index in [0.717, 1.165) is 31.3 Å². The van der Waals surface area contributed by atoms with E-state index >= 15 is 0 Å². The molecule has 0 unspecified atom stereocenters. The van der Waals surface area contributed by atoms with Crippen LogP contribution >= 0.6 is 0 Å². The highest BCUT2D eigenvalue weighted by Gasteiger charge is 2.53. The normalized spacial score (nSPS) is 38.6. The summed E-state index contributed by atoms with van der Waals surface area (Å²) in [6.07, 6.45) is 8.71. The van der Waals surface area contributed by atoms with Crippen LogP contribution in [0.1, 0.15) is 65.2 Å². The van der Waals surface area contributed by atoms with Gasteiger partial charge in [-0.15, -0.1) is 0 Å². The largest absolute Gasteiger partial charge is 0.396 e. The van der Waals surface area contributed by atoms with Crippen molar-refractivity contribution in [2.75, 3.05) is 13.2 Å². The van der Waals surface area contributed by atoms with Gasteiger partial charge >= 0.3 is 0 Å². The minimum absolute atomic E-state index is 0.0774. The molecule has 2 saturated carbocycles. The van der Waals surface area contributed by atoms with Crippen molar-refractivity contribution in [2.24, 2.45) is 22.7 Å². The van der Waals surface area contributed by atoms with Crippen LogP contribution in [0.15, 0.2) is 24.3 Å². The Labute approximate surface area is 136 Å². The summed E-state index contributed by atoms with van der Waals surface area (Å²) in [5.41, 5.74) is 2.90. The third-order valence-electron chi connectivity index (χ3n) is 6.76. The Balaban J connectivity index is 2.17. The lowest BCUT2D eigenvalue weighted by atomic mass is 9.47. The van der Waals surface area contributed by atoms with Crippen LogP contribution in [-0.2, 0) is 0 Å². The summed E-state index contributed by atoms with van der Waals surface area (Å²) in [5, 5.41) is 19.0. The first kappa shape index (κ1) is 17.7. The van der Waals surface area contributed by atoms with Crippen molar-refractivity contribution in [3.8, 4) is 0 Å². The minimum atomic E-state index is 0.0774. The number of hydrogen-bond acceptors (Lipinski definition) is 2. The van der Waals surface area contributed by atoms with Crippen LogP contribution in [0.25, 0.3) is 0 Å². The van der Waals surface area contributed by atoms with Crippen LogP contribution in [0, 0.1) is 22.7 Å². The van der Waals surface area contributed by atoms with Gasteiger partial charge in [0.2, 0.25) is 0 Å². The Morgan fingerprint density at radius 3 is 2.59 bits per heavy atom. The van der Waals surface area contributed by atoms with Crippen LogP contribution < -0.4 is 0 Å². The fraction of sp³-hybridized carbons (Fsp3) is 0.800. The second-order valence-electron chi connectivity index (χ2n) is 8.24. The molecule has 0 aromatic heterocycles. The van der Waals surface area contributed by atoms with Crippen molar-refractivity contribution in [2.45, 2.75) is 65.2 Å². The van der Waals surface area contributed by atoms with E-state index < -0.39 is 0 Å². The van der Waals surface area contributed by atoms with E-state index in [1.54, 1.807) is 0 Å². The van der Waals surface area contributed by atoms with E-state index in [2.05, 4.69) is 27.0 Å². The molecule has 0 aromatic carbocycles. The highest BCUT2D eigenvalue weighted by molar-refractivity contribution is 5.17. The highest BCUT2D eigenvalue weighted by Crippen LogP contribution is 2.61. The molecule has 0 saturated heterocycles. The van der Waals surface area contributed by atoms with Crippen LogP contribution in [0.2, 0.25) is 0 Å². The number of hydrogen-bond donors (Lipinski definition) is 2. The maximum absolute atomic E-state index is 9.98. The second-order valence-corrected chi connectivity index (χ2v) is 8.24. The van der Waals surface area contributed by atoms with Gasteiger partial charge in [-0.2, -0.15) is 0 Å². The summed E-state index contributed by atoms with van der Waals surface area (Å²) in [6.45, 7) is 13.7. The molecule has 0 radical (unpaired) electrons. The van der Waals surface area contributed by atoms with Gasteiger partial charge in [-0.25, -0.2) is 0 Å². The molecule has 2 nitrogen and oxygen atoms in total. The van der Waals surface area contributed by atoms with E-state index in [4.69, 9.17) is 5.11 Å². The van der Waals surface area contributed by atoms with E-state index in [-0.39, 0.29) is 17.4 Å². The summed E-state index contributed by atoms with van der Waals surface area (Å²) >= 11 is 0. The molecule has 2 N–H and O–H groups in total. The lowest BCUT2D eigenvalue weighted by molar-refractivity contribution is -0.0858. The van der Waals surface area contributed by atoms with Crippen molar-refractivity contribution < 1.29 is 10.2 Å². The van der Waals surface area contributed by atoms with E-state index in [9.17, 15) is 5.11 Å². The molecule has 0 bridgehead atoms. The van der Waals surface area contributed by atoms with Crippen molar-refractivity contribution in [1.82, 2.24) is 0 Å². The summed E-state index contributed by atoms with van der Waals surface area (Å²) in [4.78, 5) is 0. The molecule has 0 spiro atoms. The number of aliphatic hydroxyl groups is 2. The molecule has 0 amide bonds. The molecule has 0 aliphatic heterocycles. The number of allylic oxidation sites excluding steroid dienone is 1. The molecule has 126 valence electrons. The van der Waals surface area contributed by atoms with Gasteiger partial charge in [-0.1, -0.05) is 44.6 Å². The molecule has 2 fully saturated rings. The smallest absolute Gasteiger partial charge is 0.0487 e. The van der Waals surface area contributed by atoms with E-state index in [1.165, 1.54) is 24.8 Å². The predicted molar refractivity (Wildman–Crippen MR) is 92.6 cm³/mol. The molecule has 2 rings (SSSR count). The summed E-state index contributed by atoms with van der Waals surface area (Å²) in [5.74, 6) is 1.13. The Hall–Kier alpha value is -0.600. The number of aliphatic hydroxyl groups excluding tert-OH is 2. The predicted octanol–water partition coefficient (Wildman–Crippen LogP) is 4.48. The zero-order chi connectivity index (χ0) is 16.4. The maximum Gasteiger partial charge on any atom is 0.0487 e. The van der Waals surface area contributed by atoms with Crippen molar-refractivity contribution in [3.63, 3.8) is 0 Å². The zero-order valence-electron chi connectivity index (χ0n) is 14.5. The third kappa shape index (κ3) is 3.19. The molecule has 0 heterocycles. The average molecular weight is 306 g/mol. The summed E-state index contributed by atoms with van der Waals surface area (Å²) in [6, 6.07) is 0. The van der Waals surface area contributed by atoms with E-state index in [0.29, 0.717) is 24.9 Å².